The second kappa shape index (κ2) is 4.45. The Kier molecular flexibility index (Phi) is 3.24. The highest BCUT2D eigenvalue weighted by Gasteiger charge is 2.42. The van der Waals surface area contributed by atoms with Gasteiger partial charge in [0.25, 0.3) is 0 Å². The number of nitrogens with two attached hydrogens (primary N) is 1. The van der Waals surface area contributed by atoms with Crippen LogP contribution in [0.3, 0.4) is 0 Å². The van der Waals surface area contributed by atoms with Crippen LogP contribution in [0.25, 0.3) is 0 Å². The zero-order chi connectivity index (χ0) is 9.97. The third-order valence-electron chi connectivity index (χ3n) is 4.21. The van der Waals surface area contributed by atoms with Crippen molar-refractivity contribution in [2.24, 2.45) is 23.6 Å². The van der Waals surface area contributed by atoms with Crippen molar-refractivity contribution >= 4 is 0 Å². The van der Waals surface area contributed by atoms with Gasteiger partial charge in [-0.25, -0.2) is 0 Å². The summed E-state index contributed by atoms with van der Waals surface area (Å²) in [6.45, 7) is 3.77. The quantitative estimate of drug-likeness (QED) is 0.400. The van der Waals surface area contributed by atoms with E-state index < -0.39 is 0 Å². The van der Waals surface area contributed by atoms with Gasteiger partial charge in [0.1, 0.15) is 0 Å². The average molecular weight is 194 g/mol. The topological polar surface area (TPSA) is 38.0 Å². The second-order valence-corrected chi connectivity index (χ2v) is 4.98. The zero-order valence-corrected chi connectivity index (χ0v) is 8.91. The molecule has 2 saturated carbocycles. The zero-order valence-electron chi connectivity index (χ0n) is 8.91. The van der Waals surface area contributed by atoms with E-state index in [-0.39, 0.29) is 0 Å². The molecule has 2 fully saturated rings. The Morgan fingerprint density at radius 1 is 1.43 bits per heavy atom. The molecule has 0 aromatic rings. The summed E-state index contributed by atoms with van der Waals surface area (Å²) in [5.74, 6) is 8.47. The van der Waals surface area contributed by atoms with Gasteiger partial charge < -0.3 is 0 Å². The SMILES string of the molecule is C=CCCC(NN)C1CC2CCC1C2. The van der Waals surface area contributed by atoms with Crippen molar-refractivity contribution in [2.45, 2.75) is 44.6 Å². The van der Waals surface area contributed by atoms with Crippen LogP contribution in [-0.4, -0.2) is 6.04 Å². The molecule has 2 nitrogen and oxygen atoms in total. The Balaban J connectivity index is 1.88. The Hall–Kier alpha value is -0.340. The molecular formula is C12H22N2. The fourth-order valence-electron chi connectivity index (χ4n) is 3.51. The Labute approximate surface area is 86.9 Å². The lowest BCUT2D eigenvalue weighted by Gasteiger charge is -2.29. The number of hydrogen-bond acceptors (Lipinski definition) is 2. The molecule has 0 heterocycles. The molecule has 2 heteroatoms. The summed E-state index contributed by atoms with van der Waals surface area (Å²) in [4.78, 5) is 0. The summed E-state index contributed by atoms with van der Waals surface area (Å²) in [6, 6.07) is 0.531. The minimum atomic E-state index is 0.531. The highest BCUT2D eigenvalue weighted by Crippen LogP contribution is 2.49. The molecule has 0 saturated heterocycles. The molecule has 2 bridgehead atoms. The highest BCUT2D eigenvalue weighted by molar-refractivity contribution is 4.95. The number of rotatable bonds is 5. The molecule has 0 spiro atoms. The molecule has 0 aromatic carbocycles. The summed E-state index contributed by atoms with van der Waals surface area (Å²) < 4.78 is 0. The summed E-state index contributed by atoms with van der Waals surface area (Å²) in [5, 5.41) is 0. The summed E-state index contributed by atoms with van der Waals surface area (Å²) >= 11 is 0. The molecule has 0 amide bonds. The molecular weight excluding hydrogens is 172 g/mol. The Bertz CT molecular complexity index is 202. The molecule has 2 aliphatic rings. The molecule has 2 aliphatic carbocycles. The number of fused-ring (bicyclic) bond motifs is 2. The third kappa shape index (κ3) is 1.86. The maximum atomic E-state index is 5.64. The average Bonchev–Trinajstić information content (AvgIpc) is 2.80. The van der Waals surface area contributed by atoms with E-state index in [1.54, 1.807) is 0 Å². The van der Waals surface area contributed by atoms with E-state index in [2.05, 4.69) is 12.0 Å². The molecule has 14 heavy (non-hydrogen) atoms. The fourth-order valence-corrected chi connectivity index (χ4v) is 3.51. The Morgan fingerprint density at radius 3 is 2.79 bits per heavy atom. The van der Waals surface area contributed by atoms with Gasteiger partial charge in [-0.1, -0.05) is 12.5 Å². The lowest BCUT2D eigenvalue weighted by atomic mass is 9.82. The van der Waals surface area contributed by atoms with Gasteiger partial charge in [0.15, 0.2) is 0 Å². The van der Waals surface area contributed by atoms with E-state index in [9.17, 15) is 0 Å². The minimum absolute atomic E-state index is 0.531. The predicted molar refractivity (Wildman–Crippen MR) is 59.5 cm³/mol. The number of nitrogens with one attached hydrogen (secondary N) is 1. The number of allylic oxidation sites excluding steroid dienone is 1. The van der Waals surface area contributed by atoms with Crippen molar-refractivity contribution in [1.29, 1.82) is 0 Å². The van der Waals surface area contributed by atoms with Crippen molar-refractivity contribution in [2.75, 3.05) is 0 Å². The molecule has 80 valence electrons. The first kappa shape index (κ1) is 10.2. The maximum Gasteiger partial charge on any atom is 0.0244 e. The van der Waals surface area contributed by atoms with Crippen LogP contribution >= 0.6 is 0 Å². The van der Waals surface area contributed by atoms with Crippen LogP contribution < -0.4 is 11.3 Å². The first-order valence-corrected chi connectivity index (χ1v) is 5.92. The molecule has 2 rings (SSSR count). The fraction of sp³-hybridized carbons (Fsp3) is 0.833. The number of hydrogen-bond donors (Lipinski definition) is 2. The van der Waals surface area contributed by atoms with Crippen LogP contribution in [0.15, 0.2) is 12.7 Å². The van der Waals surface area contributed by atoms with Crippen LogP contribution in [0.2, 0.25) is 0 Å². The van der Waals surface area contributed by atoms with Crippen molar-refractivity contribution in [3.05, 3.63) is 12.7 Å². The number of hydrazine groups is 1. The third-order valence-corrected chi connectivity index (χ3v) is 4.21. The molecule has 0 aliphatic heterocycles. The van der Waals surface area contributed by atoms with Crippen LogP contribution in [0.1, 0.15) is 38.5 Å². The van der Waals surface area contributed by atoms with Crippen LogP contribution in [0, 0.1) is 17.8 Å². The van der Waals surface area contributed by atoms with E-state index in [1.807, 2.05) is 6.08 Å². The van der Waals surface area contributed by atoms with Crippen molar-refractivity contribution in [3.8, 4) is 0 Å². The summed E-state index contributed by atoms with van der Waals surface area (Å²) in [7, 11) is 0. The van der Waals surface area contributed by atoms with Gasteiger partial charge in [-0.2, -0.15) is 0 Å². The van der Waals surface area contributed by atoms with E-state index in [1.165, 1.54) is 25.7 Å². The molecule has 0 aromatic heterocycles. The van der Waals surface area contributed by atoms with Crippen LogP contribution in [0.5, 0.6) is 0 Å². The van der Waals surface area contributed by atoms with E-state index >= 15 is 0 Å². The second-order valence-electron chi connectivity index (χ2n) is 4.98. The van der Waals surface area contributed by atoms with Gasteiger partial charge in [-0.3, -0.25) is 11.3 Å². The van der Waals surface area contributed by atoms with Crippen molar-refractivity contribution in [3.63, 3.8) is 0 Å². The molecule has 3 N–H and O–H groups in total. The first-order valence-electron chi connectivity index (χ1n) is 5.92. The van der Waals surface area contributed by atoms with Crippen LogP contribution in [0.4, 0.5) is 0 Å². The van der Waals surface area contributed by atoms with Gasteiger partial charge in [0.2, 0.25) is 0 Å². The summed E-state index contributed by atoms with van der Waals surface area (Å²) in [6.07, 6.45) is 10.0. The van der Waals surface area contributed by atoms with Gasteiger partial charge in [-0.05, 0) is 49.9 Å². The van der Waals surface area contributed by atoms with E-state index in [4.69, 9.17) is 5.84 Å². The van der Waals surface area contributed by atoms with Gasteiger partial charge in [0.05, 0.1) is 0 Å². The molecule has 4 atom stereocenters. The van der Waals surface area contributed by atoms with Crippen molar-refractivity contribution in [1.82, 2.24) is 5.43 Å². The summed E-state index contributed by atoms with van der Waals surface area (Å²) in [5.41, 5.74) is 3.02. The minimum Gasteiger partial charge on any atom is -0.271 e. The van der Waals surface area contributed by atoms with Gasteiger partial charge >= 0.3 is 0 Å². The van der Waals surface area contributed by atoms with Crippen LogP contribution in [-0.2, 0) is 0 Å². The highest BCUT2D eigenvalue weighted by atomic mass is 15.2. The monoisotopic (exact) mass is 194 g/mol. The standard InChI is InChI=1S/C12H22N2/c1-2-3-4-12(14-13)11-8-9-5-6-10(11)7-9/h2,9-12,14H,1,3-8,13H2. The van der Waals surface area contributed by atoms with Crippen molar-refractivity contribution < 1.29 is 0 Å². The van der Waals surface area contributed by atoms with Gasteiger partial charge in [0, 0.05) is 6.04 Å². The molecule has 4 unspecified atom stereocenters. The lowest BCUT2D eigenvalue weighted by Crippen LogP contribution is -2.42. The predicted octanol–water partition coefficient (Wildman–Crippen LogP) is 2.22. The van der Waals surface area contributed by atoms with Gasteiger partial charge in [-0.15, -0.1) is 6.58 Å². The largest absolute Gasteiger partial charge is 0.271 e. The van der Waals surface area contributed by atoms with E-state index in [0.29, 0.717) is 6.04 Å². The normalized spacial score (nSPS) is 37.4. The van der Waals surface area contributed by atoms with E-state index in [0.717, 1.165) is 30.6 Å². The lowest BCUT2D eigenvalue weighted by molar-refractivity contribution is 0.241. The molecule has 0 radical (unpaired) electrons. The maximum absolute atomic E-state index is 5.64. The smallest absolute Gasteiger partial charge is 0.0244 e. The Morgan fingerprint density at radius 2 is 2.29 bits per heavy atom. The first-order chi connectivity index (χ1) is 6.85.